The average molecular weight is 324 g/mol. The molecule has 0 radical (unpaired) electrons. The maximum absolute atomic E-state index is 13.4. The van der Waals surface area contributed by atoms with Crippen LogP contribution in [0.4, 0.5) is 4.39 Å². The van der Waals surface area contributed by atoms with Gasteiger partial charge in [0.05, 0.1) is 16.7 Å². The predicted octanol–water partition coefficient (Wildman–Crippen LogP) is 3.09. The van der Waals surface area contributed by atoms with E-state index in [0.717, 1.165) is 17.8 Å². The number of halogens is 2. The second kappa shape index (κ2) is 5.43. The molecular formula is C14H15BrFN3. The van der Waals surface area contributed by atoms with E-state index >= 15 is 0 Å². The average Bonchev–Trinajstić information content (AvgIpc) is 3.13. The highest BCUT2D eigenvalue weighted by Gasteiger charge is 2.20. The molecule has 0 amide bonds. The summed E-state index contributed by atoms with van der Waals surface area (Å²) in [7, 11) is 0. The van der Waals surface area contributed by atoms with Crippen molar-refractivity contribution in [2.75, 3.05) is 0 Å². The summed E-state index contributed by atoms with van der Waals surface area (Å²) in [5.41, 5.74) is 1.92. The van der Waals surface area contributed by atoms with Crippen LogP contribution in [0.25, 0.3) is 0 Å². The summed E-state index contributed by atoms with van der Waals surface area (Å²) >= 11 is 3.27. The Morgan fingerprint density at radius 1 is 1.37 bits per heavy atom. The van der Waals surface area contributed by atoms with Gasteiger partial charge in [-0.05, 0) is 46.5 Å². The first-order chi connectivity index (χ1) is 9.22. The van der Waals surface area contributed by atoms with Crippen molar-refractivity contribution in [3.05, 3.63) is 52.0 Å². The first kappa shape index (κ1) is 12.8. The van der Waals surface area contributed by atoms with E-state index < -0.39 is 0 Å². The van der Waals surface area contributed by atoms with Gasteiger partial charge in [0.25, 0.3) is 0 Å². The van der Waals surface area contributed by atoms with Crippen molar-refractivity contribution in [1.29, 1.82) is 0 Å². The highest BCUT2D eigenvalue weighted by Crippen LogP contribution is 2.21. The van der Waals surface area contributed by atoms with E-state index in [1.807, 2.05) is 23.0 Å². The van der Waals surface area contributed by atoms with Crippen LogP contribution in [-0.4, -0.2) is 15.8 Å². The minimum absolute atomic E-state index is 0.236. The fourth-order valence-corrected chi connectivity index (χ4v) is 2.36. The van der Waals surface area contributed by atoms with Crippen LogP contribution in [0.15, 0.2) is 34.9 Å². The van der Waals surface area contributed by atoms with Gasteiger partial charge < -0.3 is 5.32 Å². The van der Waals surface area contributed by atoms with Gasteiger partial charge in [-0.2, -0.15) is 5.10 Å². The molecule has 19 heavy (non-hydrogen) atoms. The molecule has 0 spiro atoms. The Morgan fingerprint density at radius 2 is 2.21 bits per heavy atom. The molecular weight excluding hydrogens is 309 g/mol. The second-order valence-corrected chi connectivity index (χ2v) is 5.67. The lowest BCUT2D eigenvalue weighted by Gasteiger charge is -2.05. The fourth-order valence-electron chi connectivity index (χ4n) is 1.97. The van der Waals surface area contributed by atoms with Gasteiger partial charge in [-0.25, -0.2) is 4.39 Å². The lowest BCUT2D eigenvalue weighted by atomic mass is 10.2. The molecule has 0 unspecified atom stereocenters. The summed E-state index contributed by atoms with van der Waals surface area (Å²) in [6, 6.07) is 7.75. The molecule has 0 atom stereocenters. The van der Waals surface area contributed by atoms with Crippen molar-refractivity contribution in [3.8, 4) is 0 Å². The Bertz CT molecular complexity index is 578. The molecule has 1 aromatic carbocycles. The van der Waals surface area contributed by atoms with E-state index in [9.17, 15) is 4.39 Å². The highest BCUT2D eigenvalue weighted by atomic mass is 79.9. The van der Waals surface area contributed by atoms with Crippen molar-refractivity contribution in [1.82, 2.24) is 15.1 Å². The Hall–Kier alpha value is -1.20. The molecule has 0 bridgehead atoms. The smallest absolute Gasteiger partial charge is 0.137 e. The molecule has 0 aliphatic heterocycles. The Balaban J connectivity index is 1.67. The minimum atomic E-state index is -0.236. The number of aromatic nitrogens is 2. The van der Waals surface area contributed by atoms with Crippen LogP contribution in [0.3, 0.4) is 0 Å². The van der Waals surface area contributed by atoms with Crippen molar-refractivity contribution in [2.45, 2.75) is 32.0 Å². The van der Waals surface area contributed by atoms with E-state index in [2.05, 4.69) is 26.3 Å². The van der Waals surface area contributed by atoms with Gasteiger partial charge in [0, 0.05) is 18.8 Å². The third-order valence-corrected chi connectivity index (χ3v) is 4.10. The highest BCUT2D eigenvalue weighted by molar-refractivity contribution is 9.10. The number of benzene rings is 1. The van der Waals surface area contributed by atoms with Crippen molar-refractivity contribution < 1.29 is 4.39 Å². The van der Waals surface area contributed by atoms with Crippen LogP contribution in [0.1, 0.15) is 24.1 Å². The third kappa shape index (κ3) is 3.22. The summed E-state index contributed by atoms with van der Waals surface area (Å²) in [6.07, 6.45) is 4.48. The Labute approximate surface area is 119 Å². The quantitative estimate of drug-likeness (QED) is 0.916. The van der Waals surface area contributed by atoms with Crippen LogP contribution >= 0.6 is 15.9 Å². The lowest BCUT2D eigenvalue weighted by Crippen LogP contribution is -2.16. The third-order valence-electron chi connectivity index (χ3n) is 3.21. The summed E-state index contributed by atoms with van der Waals surface area (Å²) in [6.45, 7) is 1.38. The number of nitrogens with zero attached hydrogens (tertiary/aromatic N) is 2. The molecule has 3 nitrogen and oxygen atoms in total. The van der Waals surface area contributed by atoms with E-state index in [-0.39, 0.29) is 5.82 Å². The van der Waals surface area contributed by atoms with E-state index in [0.29, 0.717) is 17.1 Å². The van der Waals surface area contributed by atoms with Crippen LogP contribution in [-0.2, 0) is 13.1 Å². The molecule has 0 saturated heterocycles. The largest absolute Gasteiger partial charge is 0.308 e. The van der Waals surface area contributed by atoms with Gasteiger partial charge in [-0.1, -0.05) is 12.1 Å². The number of nitrogens with one attached hydrogen (secondary N) is 1. The number of hydrogen-bond acceptors (Lipinski definition) is 2. The zero-order valence-corrected chi connectivity index (χ0v) is 12.0. The van der Waals surface area contributed by atoms with Gasteiger partial charge in [0.15, 0.2) is 0 Å². The predicted molar refractivity (Wildman–Crippen MR) is 75.3 cm³/mol. The van der Waals surface area contributed by atoms with Crippen LogP contribution in [0.5, 0.6) is 0 Å². The topological polar surface area (TPSA) is 29.9 Å². The van der Waals surface area contributed by atoms with Crippen molar-refractivity contribution in [3.63, 3.8) is 0 Å². The van der Waals surface area contributed by atoms with Gasteiger partial charge in [-0.3, -0.25) is 4.68 Å². The Kier molecular flexibility index (Phi) is 3.66. The van der Waals surface area contributed by atoms with Crippen LogP contribution in [0, 0.1) is 5.82 Å². The number of rotatable bonds is 5. The molecule has 2 aromatic rings. The SMILES string of the molecule is Fc1cccc(Cn2ccc(CNC3CC3)n2)c1Br. The number of hydrogen-bond donors (Lipinski definition) is 1. The maximum Gasteiger partial charge on any atom is 0.137 e. The minimum Gasteiger partial charge on any atom is -0.308 e. The maximum atomic E-state index is 13.4. The zero-order valence-electron chi connectivity index (χ0n) is 10.4. The van der Waals surface area contributed by atoms with E-state index in [1.54, 1.807) is 6.07 Å². The standard InChI is InChI=1S/C14H15BrFN3/c15-14-10(2-1-3-13(14)16)9-19-7-6-12(18-19)8-17-11-4-5-11/h1-3,6-7,11,17H,4-5,8-9H2. The fraction of sp³-hybridized carbons (Fsp3) is 0.357. The monoisotopic (exact) mass is 323 g/mol. The van der Waals surface area contributed by atoms with Gasteiger partial charge in [0.1, 0.15) is 5.82 Å². The lowest BCUT2D eigenvalue weighted by molar-refractivity contribution is 0.605. The molecule has 5 heteroatoms. The zero-order chi connectivity index (χ0) is 13.2. The molecule has 3 rings (SSSR count). The summed E-state index contributed by atoms with van der Waals surface area (Å²) in [5, 5.41) is 7.91. The molecule has 1 saturated carbocycles. The molecule has 100 valence electrons. The van der Waals surface area contributed by atoms with Crippen LogP contribution in [0.2, 0.25) is 0 Å². The van der Waals surface area contributed by atoms with Crippen LogP contribution < -0.4 is 5.32 Å². The molecule has 1 aliphatic rings. The Morgan fingerprint density at radius 3 is 3.00 bits per heavy atom. The van der Waals surface area contributed by atoms with Crippen molar-refractivity contribution in [2.24, 2.45) is 0 Å². The molecule has 1 fully saturated rings. The summed E-state index contributed by atoms with van der Waals surface area (Å²) in [5.74, 6) is -0.236. The van der Waals surface area contributed by atoms with Crippen molar-refractivity contribution >= 4 is 15.9 Å². The first-order valence-corrected chi connectivity index (χ1v) is 7.20. The second-order valence-electron chi connectivity index (χ2n) is 4.87. The van der Waals surface area contributed by atoms with Gasteiger partial charge >= 0.3 is 0 Å². The summed E-state index contributed by atoms with van der Waals surface area (Å²) in [4.78, 5) is 0. The molecule has 1 aromatic heterocycles. The molecule has 1 heterocycles. The summed E-state index contributed by atoms with van der Waals surface area (Å²) < 4.78 is 15.8. The van der Waals surface area contributed by atoms with Gasteiger partial charge in [-0.15, -0.1) is 0 Å². The first-order valence-electron chi connectivity index (χ1n) is 6.41. The van der Waals surface area contributed by atoms with E-state index in [4.69, 9.17) is 0 Å². The van der Waals surface area contributed by atoms with Gasteiger partial charge in [0.2, 0.25) is 0 Å². The normalized spacial score (nSPS) is 14.8. The van der Waals surface area contributed by atoms with E-state index in [1.165, 1.54) is 18.9 Å². The molecule has 1 N–H and O–H groups in total. The molecule has 1 aliphatic carbocycles.